The van der Waals surface area contributed by atoms with E-state index in [0.717, 1.165) is 116 Å². The number of carbonyl (C=O) groups is 2. The van der Waals surface area contributed by atoms with Crippen molar-refractivity contribution in [3.05, 3.63) is 70.5 Å². The number of para-hydroxylation sites is 1. The van der Waals surface area contributed by atoms with Crippen molar-refractivity contribution in [3.8, 4) is 0 Å². The Bertz CT molecular complexity index is 1990. The number of hydrogen-bond donors (Lipinski definition) is 1. The molecule has 56 heavy (non-hydrogen) atoms. The number of likely N-dealkylation sites (N-methyl/N-ethyl adjacent to an activating group) is 2. The Morgan fingerprint density at radius 2 is 1.21 bits per heavy atom. The van der Waals surface area contributed by atoms with Gasteiger partial charge in [-0.2, -0.15) is 0 Å². The lowest BCUT2D eigenvalue weighted by molar-refractivity contribution is -0.133. The van der Waals surface area contributed by atoms with Gasteiger partial charge in [0.15, 0.2) is 0 Å². The van der Waals surface area contributed by atoms with Gasteiger partial charge in [0.1, 0.15) is 0 Å². The van der Waals surface area contributed by atoms with Crippen molar-refractivity contribution in [3.63, 3.8) is 0 Å². The minimum Gasteiger partial charge on any atom is -0.344 e. The highest BCUT2D eigenvalue weighted by atomic mass is 16.2. The number of aryl methyl sites for hydroxylation is 3. The summed E-state index contributed by atoms with van der Waals surface area (Å²) in [5.41, 5.74) is 10.0. The van der Waals surface area contributed by atoms with Crippen LogP contribution >= 0.6 is 0 Å². The van der Waals surface area contributed by atoms with E-state index in [1.54, 1.807) is 0 Å². The van der Waals surface area contributed by atoms with Gasteiger partial charge in [0, 0.05) is 137 Å². The van der Waals surface area contributed by atoms with Gasteiger partial charge in [0.25, 0.3) is 0 Å². The Labute approximate surface area is 336 Å². The van der Waals surface area contributed by atoms with E-state index in [1.807, 2.05) is 0 Å². The average molecular weight is 764 g/mol. The third-order valence-electron chi connectivity index (χ3n) is 13.0. The van der Waals surface area contributed by atoms with Gasteiger partial charge in [-0.25, -0.2) is 0 Å². The van der Waals surface area contributed by atoms with Gasteiger partial charge in [0.05, 0.1) is 0 Å². The highest BCUT2D eigenvalue weighted by Crippen LogP contribution is 2.33. The largest absolute Gasteiger partial charge is 0.344 e. The standard InChI is InChI=1S/C25H38N4O.C22H31N3O/c1-25(2,3)18-26-19-9-14-28(15-10-19)24(30)12-16-29-22-8-6-5-7-20(22)21-17-27(4)13-11-23(21)29;1-16-6-11-24(12-7-16)22(26)9-13-25-20-5-4-17(2)14-18(20)19-15-23(3)10-8-21(19)25/h5-8,19,26H,9-18H2,1-4H3;4-5,14,16H,6-13,15H2,1-3H3. The molecule has 0 spiro atoms. The van der Waals surface area contributed by atoms with Gasteiger partial charge >= 0.3 is 0 Å². The summed E-state index contributed by atoms with van der Waals surface area (Å²) in [4.78, 5) is 34.6. The second-order valence-electron chi connectivity index (χ2n) is 18.8. The summed E-state index contributed by atoms with van der Waals surface area (Å²) in [6.07, 6.45) is 7.80. The number of carbonyl (C=O) groups excluding carboxylic acids is 2. The number of aromatic nitrogens is 2. The maximum atomic E-state index is 13.0. The normalized spacial score (nSPS) is 18.9. The van der Waals surface area contributed by atoms with Crippen LogP contribution in [0.1, 0.15) is 94.3 Å². The predicted octanol–water partition coefficient (Wildman–Crippen LogP) is 7.23. The van der Waals surface area contributed by atoms with Crippen molar-refractivity contribution in [2.24, 2.45) is 11.3 Å². The van der Waals surface area contributed by atoms with Gasteiger partial charge < -0.3 is 34.1 Å². The first kappa shape index (κ1) is 40.5. The highest BCUT2D eigenvalue weighted by Gasteiger charge is 2.27. The number of nitrogens with one attached hydrogen (secondary N) is 1. The van der Waals surface area contributed by atoms with Crippen molar-refractivity contribution in [1.29, 1.82) is 0 Å². The smallest absolute Gasteiger partial charge is 0.224 e. The lowest BCUT2D eigenvalue weighted by atomic mass is 9.95. The van der Waals surface area contributed by atoms with Crippen LogP contribution in [0.3, 0.4) is 0 Å². The molecular weight excluding hydrogens is 695 g/mol. The molecule has 2 amide bonds. The molecule has 0 unspecified atom stereocenters. The topological polar surface area (TPSA) is 69.0 Å². The Balaban J connectivity index is 0.000000173. The Morgan fingerprint density at radius 3 is 1.79 bits per heavy atom. The van der Waals surface area contributed by atoms with Crippen LogP contribution in [0.4, 0.5) is 0 Å². The molecule has 2 aromatic heterocycles. The number of amides is 2. The first-order valence-corrected chi connectivity index (χ1v) is 21.7. The molecule has 0 radical (unpaired) electrons. The zero-order valence-corrected chi connectivity index (χ0v) is 35.6. The summed E-state index contributed by atoms with van der Waals surface area (Å²) >= 11 is 0. The fourth-order valence-electron chi connectivity index (χ4n) is 9.52. The molecule has 0 atom stereocenters. The number of nitrogens with zero attached hydrogens (tertiary/aromatic N) is 6. The van der Waals surface area contributed by atoms with E-state index in [4.69, 9.17) is 0 Å². The monoisotopic (exact) mass is 764 g/mol. The molecular formula is C47H69N7O2. The third kappa shape index (κ3) is 9.37. The lowest BCUT2D eigenvalue weighted by Crippen LogP contribution is -2.46. The second kappa shape index (κ2) is 17.5. The summed E-state index contributed by atoms with van der Waals surface area (Å²) in [5, 5.41) is 6.43. The van der Waals surface area contributed by atoms with E-state index >= 15 is 0 Å². The fourth-order valence-corrected chi connectivity index (χ4v) is 9.52. The number of hydrogen-bond acceptors (Lipinski definition) is 5. The Hall–Kier alpha value is -3.66. The van der Waals surface area contributed by atoms with Crippen LogP contribution in [-0.2, 0) is 48.6 Å². The predicted molar refractivity (Wildman–Crippen MR) is 230 cm³/mol. The molecule has 0 saturated carbocycles. The summed E-state index contributed by atoms with van der Waals surface area (Å²) in [6.45, 7) is 21.7. The molecule has 2 aromatic carbocycles. The fraction of sp³-hybridized carbons (Fsp3) is 0.617. The summed E-state index contributed by atoms with van der Waals surface area (Å²) in [5.74, 6) is 1.40. The van der Waals surface area contributed by atoms with E-state index in [0.29, 0.717) is 36.1 Å². The van der Waals surface area contributed by atoms with E-state index in [1.165, 1.54) is 49.9 Å². The molecule has 304 valence electrons. The zero-order valence-electron chi connectivity index (χ0n) is 35.6. The molecule has 2 fully saturated rings. The van der Waals surface area contributed by atoms with Gasteiger partial charge in [-0.1, -0.05) is 57.5 Å². The summed E-state index contributed by atoms with van der Waals surface area (Å²) < 4.78 is 4.86. The molecule has 4 aliphatic rings. The molecule has 4 aromatic rings. The number of likely N-dealkylation sites (tertiary alicyclic amines) is 2. The van der Waals surface area contributed by atoms with Crippen molar-refractivity contribution in [2.45, 2.75) is 118 Å². The number of piperidine rings is 2. The Kier molecular flexibility index (Phi) is 12.6. The van der Waals surface area contributed by atoms with Crippen LogP contribution in [-0.4, -0.2) is 106 Å². The van der Waals surface area contributed by atoms with E-state index in [-0.39, 0.29) is 0 Å². The molecule has 9 nitrogen and oxygen atoms in total. The van der Waals surface area contributed by atoms with E-state index in [9.17, 15) is 9.59 Å². The quantitative estimate of drug-likeness (QED) is 0.205. The molecule has 4 aliphatic heterocycles. The highest BCUT2D eigenvalue weighted by molar-refractivity contribution is 5.87. The van der Waals surface area contributed by atoms with Crippen LogP contribution < -0.4 is 5.32 Å². The summed E-state index contributed by atoms with van der Waals surface area (Å²) in [7, 11) is 4.39. The van der Waals surface area contributed by atoms with Crippen molar-refractivity contribution >= 4 is 33.6 Å². The number of fused-ring (bicyclic) bond motifs is 6. The first-order chi connectivity index (χ1) is 26.8. The van der Waals surface area contributed by atoms with Crippen molar-refractivity contribution in [2.75, 3.05) is 59.9 Å². The van der Waals surface area contributed by atoms with Gasteiger partial charge in [-0.3, -0.25) is 9.59 Å². The second-order valence-corrected chi connectivity index (χ2v) is 18.8. The van der Waals surface area contributed by atoms with Crippen LogP contribution in [0, 0.1) is 18.3 Å². The van der Waals surface area contributed by atoms with Crippen LogP contribution in [0.25, 0.3) is 21.8 Å². The molecule has 2 saturated heterocycles. The van der Waals surface area contributed by atoms with Crippen molar-refractivity contribution < 1.29 is 9.59 Å². The summed E-state index contributed by atoms with van der Waals surface area (Å²) in [6, 6.07) is 16.0. The number of rotatable bonds is 8. The molecule has 8 rings (SSSR count). The molecule has 0 aliphatic carbocycles. The van der Waals surface area contributed by atoms with E-state index in [2.05, 4.69) is 125 Å². The molecule has 6 heterocycles. The average Bonchev–Trinajstić information content (AvgIpc) is 3.66. The number of benzene rings is 2. The molecule has 0 bridgehead atoms. The SMILES string of the molecule is CN1CCc2c(c3ccccc3n2CCC(=O)N2CCC(NCC(C)(C)C)CC2)C1.Cc1ccc2c(c1)c1c(n2CCC(=O)N2CCC(C)CC2)CCN(C)C1. The van der Waals surface area contributed by atoms with Crippen molar-refractivity contribution in [1.82, 2.24) is 34.1 Å². The van der Waals surface area contributed by atoms with E-state index < -0.39 is 0 Å². The van der Waals surface area contributed by atoms with Gasteiger partial charge in [0.2, 0.25) is 11.8 Å². The maximum absolute atomic E-state index is 13.0. The maximum Gasteiger partial charge on any atom is 0.224 e. The minimum atomic E-state index is 0.306. The zero-order chi connectivity index (χ0) is 39.6. The van der Waals surface area contributed by atoms with Crippen LogP contribution in [0.2, 0.25) is 0 Å². The van der Waals surface area contributed by atoms with Crippen LogP contribution in [0.15, 0.2) is 42.5 Å². The third-order valence-corrected chi connectivity index (χ3v) is 13.0. The van der Waals surface area contributed by atoms with Gasteiger partial charge in [-0.15, -0.1) is 0 Å². The van der Waals surface area contributed by atoms with Crippen LogP contribution in [0.5, 0.6) is 0 Å². The first-order valence-electron chi connectivity index (χ1n) is 21.7. The minimum absolute atomic E-state index is 0.306. The van der Waals surface area contributed by atoms with Gasteiger partial charge in [-0.05, 0) is 87.4 Å². The molecule has 9 heteroatoms. The molecule has 1 N–H and O–H groups in total. The lowest BCUT2D eigenvalue weighted by Gasteiger charge is -2.34. The Morgan fingerprint density at radius 1 is 0.696 bits per heavy atom.